The molecule has 0 heterocycles. The van der Waals surface area contributed by atoms with Gasteiger partial charge >= 0.3 is 0 Å². The molecule has 1 aromatic carbocycles. The molecule has 0 fully saturated rings. The maximum Gasteiger partial charge on any atom is 0.0340 e. The summed E-state index contributed by atoms with van der Waals surface area (Å²) in [7, 11) is 0. The highest BCUT2D eigenvalue weighted by atomic mass is 15.1. The fourth-order valence-electron chi connectivity index (χ4n) is 1.94. The van der Waals surface area contributed by atoms with E-state index in [9.17, 15) is 0 Å². The zero-order chi connectivity index (χ0) is 13.2. The lowest BCUT2D eigenvalue weighted by molar-refractivity contribution is 0.296. The maximum atomic E-state index is 5.47. The minimum atomic E-state index is 0.782. The summed E-state index contributed by atoms with van der Waals surface area (Å²) in [4.78, 5) is 2.42. The third-order valence-corrected chi connectivity index (χ3v) is 3.21. The summed E-state index contributed by atoms with van der Waals surface area (Å²) in [6.07, 6.45) is 2.23. The summed E-state index contributed by atoms with van der Waals surface area (Å²) in [6, 6.07) is 8.76. The first-order valence-corrected chi connectivity index (χ1v) is 7.05. The molecule has 0 spiro atoms. The highest BCUT2D eigenvalue weighted by Crippen LogP contribution is 2.11. The number of benzene rings is 1. The molecule has 0 aliphatic heterocycles. The Labute approximate surface area is 111 Å². The van der Waals surface area contributed by atoms with E-state index in [1.165, 1.54) is 11.3 Å². The molecule has 0 amide bonds. The molecule has 0 aliphatic carbocycles. The van der Waals surface area contributed by atoms with Gasteiger partial charge in [0.2, 0.25) is 0 Å². The molecular formula is C15H27N3. The number of hydrogen-bond acceptors (Lipinski definition) is 3. The molecule has 0 aromatic heterocycles. The van der Waals surface area contributed by atoms with Crippen molar-refractivity contribution in [2.75, 3.05) is 31.5 Å². The van der Waals surface area contributed by atoms with Gasteiger partial charge in [0.25, 0.3) is 0 Å². The van der Waals surface area contributed by atoms with E-state index in [2.05, 4.69) is 48.3 Å². The predicted molar refractivity (Wildman–Crippen MR) is 79.8 cm³/mol. The minimum Gasteiger partial charge on any atom is -0.385 e. The summed E-state index contributed by atoms with van der Waals surface area (Å²) in [5, 5.41) is 3.42. The van der Waals surface area contributed by atoms with E-state index in [-0.39, 0.29) is 0 Å². The number of nitrogens with zero attached hydrogens (tertiary/aromatic N) is 1. The number of nitrogens with two attached hydrogens (primary N) is 1. The Bertz CT molecular complexity index is 304. The van der Waals surface area contributed by atoms with E-state index < -0.39 is 0 Å². The van der Waals surface area contributed by atoms with Gasteiger partial charge in [-0.05, 0) is 50.2 Å². The van der Waals surface area contributed by atoms with Crippen molar-refractivity contribution < 1.29 is 0 Å². The molecule has 0 atom stereocenters. The molecule has 0 aliphatic rings. The molecule has 0 bridgehead atoms. The van der Waals surface area contributed by atoms with Crippen LogP contribution in [0, 0.1) is 0 Å². The molecule has 18 heavy (non-hydrogen) atoms. The highest BCUT2D eigenvalue weighted by Gasteiger charge is 2.00. The first-order valence-electron chi connectivity index (χ1n) is 7.05. The van der Waals surface area contributed by atoms with Crippen molar-refractivity contribution in [3.63, 3.8) is 0 Å². The van der Waals surface area contributed by atoms with Crippen LogP contribution in [0.1, 0.15) is 32.3 Å². The first kappa shape index (κ1) is 15.0. The smallest absolute Gasteiger partial charge is 0.0340 e. The molecule has 1 aromatic rings. The summed E-state index contributed by atoms with van der Waals surface area (Å²) < 4.78 is 0. The standard InChI is InChI=1S/C15H27N3/c1-3-18(4-2)13-14-7-9-15(10-8-14)17-12-6-5-11-16/h7-10,17H,3-6,11-13,16H2,1-2H3. The largest absolute Gasteiger partial charge is 0.385 e. The topological polar surface area (TPSA) is 41.3 Å². The molecule has 1 rings (SSSR count). The zero-order valence-corrected chi connectivity index (χ0v) is 11.8. The minimum absolute atomic E-state index is 0.782. The Morgan fingerprint density at radius 2 is 1.72 bits per heavy atom. The van der Waals surface area contributed by atoms with E-state index >= 15 is 0 Å². The molecule has 102 valence electrons. The van der Waals surface area contributed by atoms with Gasteiger partial charge < -0.3 is 11.1 Å². The predicted octanol–water partition coefficient (Wildman–Crippen LogP) is 2.68. The molecule has 0 radical (unpaired) electrons. The second-order valence-corrected chi connectivity index (χ2v) is 4.58. The number of anilines is 1. The Hall–Kier alpha value is -1.06. The van der Waals surface area contributed by atoms with Crippen LogP contribution in [-0.4, -0.2) is 31.1 Å². The summed E-state index contributed by atoms with van der Waals surface area (Å²) in [5.74, 6) is 0. The van der Waals surface area contributed by atoms with Crippen molar-refractivity contribution >= 4 is 5.69 Å². The van der Waals surface area contributed by atoms with Crippen LogP contribution >= 0.6 is 0 Å². The molecule has 3 heteroatoms. The number of hydrogen-bond donors (Lipinski definition) is 2. The fraction of sp³-hybridized carbons (Fsp3) is 0.600. The highest BCUT2D eigenvalue weighted by molar-refractivity contribution is 5.44. The van der Waals surface area contributed by atoms with Crippen molar-refractivity contribution in [2.45, 2.75) is 33.2 Å². The lowest BCUT2D eigenvalue weighted by Crippen LogP contribution is -2.22. The van der Waals surface area contributed by atoms with Gasteiger partial charge in [0.1, 0.15) is 0 Å². The second kappa shape index (κ2) is 8.95. The molecule has 3 nitrogen and oxygen atoms in total. The molecule has 0 saturated heterocycles. The van der Waals surface area contributed by atoms with Gasteiger partial charge in [-0.2, -0.15) is 0 Å². The van der Waals surface area contributed by atoms with E-state index in [4.69, 9.17) is 5.73 Å². The van der Waals surface area contributed by atoms with Gasteiger partial charge in [-0.25, -0.2) is 0 Å². The molecule has 3 N–H and O–H groups in total. The van der Waals surface area contributed by atoms with E-state index in [0.717, 1.165) is 45.6 Å². The van der Waals surface area contributed by atoms with E-state index in [1.807, 2.05) is 0 Å². The van der Waals surface area contributed by atoms with Crippen LogP contribution in [0.25, 0.3) is 0 Å². The lowest BCUT2D eigenvalue weighted by Gasteiger charge is -2.18. The molecule has 0 saturated carbocycles. The summed E-state index contributed by atoms with van der Waals surface area (Å²) in [5.41, 5.74) is 8.05. The van der Waals surface area contributed by atoms with Crippen molar-refractivity contribution in [2.24, 2.45) is 5.73 Å². The summed E-state index contributed by atoms with van der Waals surface area (Å²) in [6.45, 7) is 9.45. The average molecular weight is 249 g/mol. The van der Waals surface area contributed by atoms with Gasteiger partial charge in [0, 0.05) is 18.8 Å². The Morgan fingerprint density at radius 1 is 1.06 bits per heavy atom. The monoisotopic (exact) mass is 249 g/mol. The Kier molecular flexibility index (Phi) is 7.46. The van der Waals surface area contributed by atoms with Gasteiger partial charge in [0.15, 0.2) is 0 Å². The number of nitrogens with one attached hydrogen (secondary N) is 1. The summed E-state index contributed by atoms with van der Waals surface area (Å²) >= 11 is 0. The zero-order valence-electron chi connectivity index (χ0n) is 11.8. The Morgan fingerprint density at radius 3 is 2.28 bits per heavy atom. The SMILES string of the molecule is CCN(CC)Cc1ccc(NCCCCN)cc1. The van der Waals surface area contributed by atoms with Crippen LogP contribution in [0.3, 0.4) is 0 Å². The van der Waals surface area contributed by atoms with E-state index in [1.54, 1.807) is 0 Å². The number of rotatable bonds is 9. The second-order valence-electron chi connectivity index (χ2n) is 4.58. The van der Waals surface area contributed by atoms with Gasteiger partial charge in [-0.1, -0.05) is 26.0 Å². The van der Waals surface area contributed by atoms with Gasteiger partial charge in [-0.15, -0.1) is 0 Å². The third kappa shape index (κ3) is 5.52. The van der Waals surface area contributed by atoms with Crippen LogP contribution < -0.4 is 11.1 Å². The molecule has 0 unspecified atom stereocenters. The van der Waals surface area contributed by atoms with Crippen LogP contribution in [0.5, 0.6) is 0 Å². The molecular weight excluding hydrogens is 222 g/mol. The van der Waals surface area contributed by atoms with Gasteiger partial charge in [-0.3, -0.25) is 4.90 Å². The van der Waals surface area contributed by atoms with E-state index in [0.29, 0.717) is 0 Å². The third-order valence-electron chi connectivity index (χ3n) is 3.21. The Balaban J connectivity index is 2.37. The van der Waals surface area contributed by atoms with Gasteiger partial charge in [0.05, 0.1) is 0 Å². The van der Waals surface area contributed by atoms with Crippen molar-refractivity contribution in [3.05, 3.63) is 29.8 Å². The van der Waals surface area contributed by atoms with Crippen LogP contribution in [0.2, 0.25) is 0 Å². The quantitative estimate of drug-likeness (QED) is 0.661. The van der Waals surface area contributed by atoms with Crippen LogP contribution in [-0.2, 0) is 6.54 Å². The van der Waals surface area contributed by atoms with Crippen molar-refractivity contribution in [3.8, 4) is 0 Å². The average Bonchev–Trinajstić information content (AvgIpc) is 2.42. The first-order chi connectivity index (χ1) is 8.80. The normalized spacial score (nSPS) is 10.9. The lowest BCUT2D eigenvalue weighted by atomic mass is 10.2. The van der Waals surface area contributed by atoms with Crippen molar-refractivity contribution in [1.82, 2.24) is 4.90 Å². The van der Waals surface area contributed by atoms with Crippen LogP contribution in [0.4, 0.5) is 5.69 Å². The fourth-order valence-corrected chi connectivity index (χ4v) is 1.94. The van der Waals surface area contributed by atoms with Crippen LogP contribution in [0.15, 0.2) is 24.3 Å². The maximum absolute atomic E-state index is 5.47. The van der Waals surface area contributed by atoms with Crippen molar-refractivity contribution in [1.29, 1.82) is 0 Å². The number of unbranched alkanes of at least 4 members (excludes halogenated alkanes) is 1.